The Balaban J connectivity index is 1.41. The lowest BCUT2D eigenvalue weighted by atomic mass is 9.66. The molecule has 254 valence electrons. The van der Waals surface area contributed by atoms with Crippen LogP contribution < -0.4 is 0 Å². The van der Waals surface area contributed by atoms with Gasteiger partial charge in [0, 0.05) is 19.6 Å². The highest BCUT2D eigenvalue weighted by Gasteiger charge is 2.78. The second-order valence-electron chi connectivity index (χ2n) is 14.0. The number of para-hydroxylation sites is 1. The van der Waals surface area contributed by atoms with Crippen LogP contribution in [0, 0.1) is 17.8 Å². The maximum atomic E-state index is 15.0. The predicted molar refractivity (Wildman–Crippen MR) is 181 cm³/mol. The van der Waals surface area contributed by atoms with Crippen LogP contribution in [-0.4, -0.2) is 95.5 Å². The van der Waals surface area contributed by atoms with Crippen LogP contribution in [0.3, 0.4) is 0 Å². The van der Waals surface area contributed by atoms with Crippen LogP contribution in [0.4, 0.5) is 0 Å². The molecule has 2 unspecified atom stereocenters. The molecule has 0 saturated carbocycles. The van der Waals surface area contributed by atoms with Gasteiger partial charge in [0.2, 0.25) is 17.7 Å². The quantitative estimate of drug-likeness (QED) is 0.263. The topological polar surface area (TPSA) is 121 Å². The maximum absolute atomic E-state index is 15.0. The summed E-state index contributed by atoms with van der Waals surface area (Å²) in [6.45, 7) is 14.3. The zero-order chi connectivity index (χ0) is 34.2. The van der Waals surface area contributed by atoms with Crippen molar-refractivity contribution < 1.29 is 24.2 Å². The molecule has 3 aromatic rings. The molecule has 2 bridgehead atoms. The number of aromatic nitrogens is 3. The second kappa shape index (κ2) is 13.3. The smallest absolute Gasteiger partial charge is 0.250 e. The van der Waals surface area contributed by atoms with Gasteiger partial charge in [0.15, 0.2) is 0 Å². The van der Waals surface area contributed by atoms with Crippen LogP contribution in [0.5, 0.6) is 0 Å². The number of hydrogen-bond acceptors (Lipinski definition) is 7. The number of benzene rings is 2. The summed E-state index contributed by atoms with van der Waals surface area (Å²) < 4.78 is 8.58. The molecule has 1 N–H and O–H groups in total. The van der Waals surface area contributed by atoms with Crippen molar-refractivity contribution in [2.24, 2.45) is 17.8 Å². The van der Waals surface area contributed by atoms with Crippen molar-refractivity contribution in [3.63, 3.8) is 0 Å². The molecule has 3 amide bonds. The molecule has 2 aromatic carbocycles. The lowest BCUT2D eigenvalue weighted by Gasteiger charge is -2.39. The average molecular weight is 655 g/mol. The summed E-state index contributed by atoms with van der Waals surface area (Å²) in [5.41, 5.74) is 0.228. The lowest BCUT2D eigenvalue weighted by Crippen LogP contribution is -2.59. The Hall–Kier alpha value is -4.35. The number of likely N-dealkylation sites (tertiary alicyclic amines) is 1. The van der Waals surface area contributed by atoms with Crippen molar-refractivity contribution in [2.75, 3.05) is 19.7 Å². The zero-order valence-corrected chi connectivity index (χ0v) is 28.1. The monoisotopic (exact) mass is 654 g/mol. The Bertz CT molecular complexity index is 1690. The van der Waals surface area contributed by atoms with Crippen LogP contribution in [0.1, 0.15) is 45.6 Å². The number of nitrogens with zero attached hydrogens (tertiary/aromatic N) is 6. The number of amides is 3. The van der Waals surface area contributed by atoms with Gasteiger partial charge in [-0.25, -0.2) is 4.68 Å². The first-order valence-corrected chi connectivity index (χ1v) is 16.8. The van der Waals surface area contributed by atoms with Crippen molar-refractivity contribution in [1.29, 1.82) is 0 Å². The van der Waals surface area contributed by atoms with E-state index in [9.17, 15) is 19.5 Å². The number of hydrogen-bond donors (Lipinski definition) is 1. The van der Waals surface area contributed by atoms with E-state index < -0.39 is 35.1 Å². The highest BCUT2D eigenvalue weighted by molar-refractivity contribution is 5.99. The van der Waals surface area contributed by atoms with Gasteiger partial charge in [-0.1, -0.05) is 73.7 Å². The lowest BCUT2D eigenvalue weighted by molar-refractivity contribution is -0.157. The van der Waals surface area contributed by atoms with E-state index in [1.807, 2.05) is 75.4 Å². The van der Waals surface area contributed by atoms with Crippen molar-refractivity contribution in [3.05, 3.63) is 85.5 Å². The minimum atomic E-state index is -1.25. The molecule has 3 fully saturated rings. The predicted octanol–water partition coefficient (Wildman–Crippen LogP) is 3.79. The number of carbonyl (C=O) groups excluding carboxylic acids is 3. The van der Waals surface area contributed by atoms with Gasteiger partial charge in [-0.2, -0.15) is 0 Å². The van der Waals surface area contributed by atoms with Gasteiger partial charge in [-0.05, 0) is 49.8 Å². The molecule has 6 rings (SSSR count). The average Bonchev–Trinajstić information content (AvgIpc) is 3.78. The third-order valence-electron chi connectivity index (χ3n) is 10.3. The molecule has 11 nitrogen and oxygen atoms in total. The largest absolute Gasteiger partial charge is 0.394 e. The van der Waals surface area contributed by atoms with Gasteiger partial charge in [-0.3, -0.25) is 14.4 Å². The van der Waals surface area contributed by atoms with E-state index in [0.29, 0.717) is 37.9 Å². The number of carbonyl (C=O) groups is 3. The van der Waals surface area contributed by atoms with E-state index in [-0.39, 0.29) is 43.5 Å². The minimum Gasteiger partial charge on any atom is -0.394 e. The Labute approximate surface area is 281 Å². The fourth-order valence-electron chi connectivity index (χ4n) is 8.35. The minimum absolute atomic E-state index is 0.0719. The van der Waals surface area contributed by atoms with Crippen LogP contribution in [-0.2, 0) is 32.3 Å². The van der Waals surface area contributed by atoms with Crippen molar-refractivity contribution in [3.8, 4) is 0 Å². The summed E-state index contributed by atoms with van der Waals surface area (Å²) in [4.78, 5) is 49.4. The fourth-order valence-corrected chi connectivity index (χ4v) is 8.35. The van der Waals surface area contributed by atoms with Gasteiger partial charge in [0.05, 0.1) is 35.6 Å². The van der Waals surface area contributed by atoms with Crippen molar-refractivity contribution in [1.82, 2.24) is 29.7 Å². The van der Waals surface area contributed by atoms with E-state index in [1.165, 1.54) is 0 Å². The standard InChI is InChI=1S/C37H46N6O5/c1-6-19-40(22-26-13-9-8-10-14-26)33(45)30-31-34(46)43(27(23-44)21-25(3)4)32(37(31)18-17-36(30,5)48-37)35(47)41(20-7-2)24-42-29-16-12-11-15-28(29)38-39-42/h6-16,25,27,30-32,44H,1-2,17-24H2,3-5H3/t27-,30+,31+,32?,36-,37?/m1/s1. The molecule has 0 aliphatic carbocycles. The molecule has 1 aromatic heterocycles. The molecule has 11 heteroatoms. The Morgan fingerprint density at radius 2 is 1.73 bits per heavy atom. The highest BCUT2D eigenvalue weighted by atomic mass is 16.5. The molecule has 3 saturated heterocycles. The Morgan fingerprint density at radius 1 is 1.04 bits per heavy atom. The van der Waals surface area contributed by atoms with Crippen molar-refractivity contribution in [2.45, 2.75) is 76.5 Å². The number of aliphatic hydroxyl groups excluding tert-OH is 1. The molecule has 1 spiro atoms. The summed E-state index contributed by atoms with van der Waals surface area (Å²) in [7, 11) is 0. The summed E-state index contributed by atoms with van der Waals surface area (Å²) in [5.74, 6) is -2.42. The molecule has 3 aliphatic heterocycles. The molecule has 48 heavy (non-hydrogen) atoms. The first-order valence-electron chi connectivity index (χ1n) is 16.8. The van der Waals surface area contributed by atoms with Crippen molar-refractivity contribution >= 4 is 28.8 Å². The number of ether oxygens (including phenoxy) is 1. The van der Waals surface area contributed by atoms with Gasteiger partial charge in [-0.15, -0.1) is 18.3 Å². The van der Waals surface area contributed by atoms with Gasteiger partial charge in [0.25, 0.3) is 0 Å². The van der Waals surface area contributed by atoms with Crippen LogP contribution >= 0.6 is 0 Å². The fraction of sp³-hybridized carbons (Fsp3) is 0.486. The molecular formula is C37H46N6O5. The summed E-state index contributed by atoms with van der Waals surface area (Å²) in [6.07, 6.45) is 4.76. The summed E-state index contributed by atoms with van der Waals surface area (Å²) >= 11 is 0. The Kier molecular flexibility index (Phi) is 9.28. The van der Waals surface area contributed by atoms with E-state index in [1.54, 1.807) is 31.5 Å². The van der Waals surface area contributed by atoms with E-state index in [0.717, 1.165) is 11.1 Å². The van der Waals surface area contributed by atoms with Gasteiger partial charge >= 0.3 is 0 Å². The maximum Gasteiger partial charge on any atom is 0.250 e. The van der Waals surface area contributed by atoms with Gasteiger partial charge < -0.3 is 24.5 Å². The van der Waals surface area contributed by atoms with E-state index in [2.05, 4.69) is 23.5 Å². The Morgan fingerprint density at radius 3 is 2.42 bits per heavy atom. The third-order valence-corrected chi connectivity index (χ3v) is 10.3. The number of fused-ring (bicyclic) bond motifs is 2. The van der Waals surface area contributed by atoms with Gasteiger partial charge in [0.1, 0.15) is 23.8 Å². The highest BCUT2D eigenvalue weighted by Crippen LogP contribution is 2.64. The van der Waals surface area contributed by atoms with Crippen LogP contribution in [0.25, 0.3) is 11.0 Å². The molecular weight excluding hydrogens is 608 g/mol. The van der Waals surface area contributed by atoms with Crippen LogP contribution in [0.2, 0.25) is 0 Å². The molecule has 0 radical (unpaired) electrons. The molecule has 4 heterocycles. The first-order chi connectivity index (χ1) is 23.1. The SMILES string of the molecule is C=CCN(Cn1nnc2ccccc21)C(=O)C1N([C@@H](CO)CC(C)C)C(=O)[C@@H]2[C@@H](C(=O)N(CC=C)Cc3ccccc3)[C@@]3(C)CCC12O3. The second-order valence-corrected chi connectivity index (χ2v) is 14.0. The summed E-state index contributed by atoms with van der Waals surface area (Å²) in [6, 6.07) is 15.5. The molecule has 6 atom stereocenters. The van der Waals surface area contributed by atoms with Crippen LogP contribution in [0.15, 0.2) is 79.9 Å². The number of aliphatic hydroxyl groups is 1. The normalized spacial score (nSPS) is 26.6. The zero-order valence-electron chi connectivity index (χ0n) is 28.1. The number of rotatable bonds is 14. The first kappa shape index (κ1) is 33.5. The summed E-state index contributed by atoms with van der Waals surface area (Å²) in [5, 5.41) is 19.3. The van der Waals surface area contributed by atoms with E-state index in [4.69, 9.17) is 4.74 Å². The van der Waals surface area contributed by atoms with E-state index >= 15 is 0 Å². The molecule has 3 aliphatic rings. The third kappa shape index (κ3) is 5.62.